The Morgan fingerprint density at radius 3 is 1.50 bits per heavy atom. The summed E-state index contributed by atoms with van der Waals surface area (Å²) < 4.78 is 0. The lowest BCUT2D eigenvalue weighted by Gasteiger charge is -2.50. The summed E-state index contributed by atoms with van der Waals surface area (Å²) in [5.41, 5.74) is -10.4. The summed E-state index contributed by atoms with van der Waals surface area (Å²) in [6.07, 6.45) is -5.12. The molecule has 0 saturated heterocycles. The number of Topliss-reactive ketones (excluding diaryl/α,β-unsaturated/α-hetero) is 4. The summed E-state index contributed by atoms with van der Waals surface area (Å²) in [6, 6.07) is 0. The summed E-state index contributed by atoms with van der Waals surface area (Å²) in [7, 11) is 0. The maximum absolute atomic E-state index is 12.0. The molecule has 0 aromatic carbocycles. The number of carbonyl (C=O) groups is 4. The lowest BCUT2D eigenvalue weighted by Crippen LogP contribution is -2.81. The first-order chi connectivity index (χ1) is 10.7. The first kappa shape index (κ1) is 22.8. The molecule has 0 aliphatic rings. The number of rotatable bonds is 9. The fourth-order valence-corrected chi connectivity index (χ4v) is 2.83. The highest BCUT2D eigenvalue weighted by molar-refractivity contribution is 6.22. The number of ketones is 4. The molecule has 10 heteroatoms. The molecule has 9 nitrogen and oxygen atoms in total. The molecule has 0 bridgehead atoms. The number of aliphatic hydroxyl groups is 5. The van der Waals surface area contributed by atoms with E-state index in [9.17, 15) is 44.7 Å². The van der Waals surface area contributed by atoms with Crippen molar-refractivity contribution in [2.24, 2.45) is 0 Å². The minimum absolute atomic E-state index is 0.624. The van der Waals surface area contributed by atoms with Crippen molar-refractivity contribution < 1.29 is 44.7 Å². The number of aliphatic hydroxyl groups excluding tert-OH is 2. The molecule has 0 aromatic heterocycles. The van der Waals surface area contributed by atoms with Crippen LogP contribution in [0.5, 0.6) is 0 Å². The zero-order valence-corrected chi connectivity index (χ0v) is 14.4. The number of carbonyl (C=O) groups excluding carboxylic acids is 4. The molecule has 0 rings (SSSR count). The Morgan fingerprint density at radius 2 is 1.29 bits per heavy atom. The molecule has 0 aromatic rings. The Labute approximate surface area is 142 Å². The fourth-order valence-electron chi connectivity index (χ4n) is 2.45. The smallest absolute Gasteiger partial charge is 0.198 e. The third kappa shape index (κ3) is 3.03. The van der Waals surface area contributed by atoms with Gasteiger partial charge in [0.2, 0.25) is 0 Å². The molecule has 0 amide bonds. The third-order valence-electron chi connectivity index (χ3n) is 4.12. The van der Waals surface area contributed by atoms with Crippen LogP contribution in [-0.2, 0) is 19.2 Å². The highest BCUT2D eigenvalue weighted by Crippen LogP contribution is 2.40. The Bertz CT molecular complexity index is 562. The van der Waals surface area contributed by atoms with E-state index in [0.717, 1.165) is 13.8 Å². The molecule has 0 fully saturated rings. The summed E-state index contributed by atoms with van der Waals surface area (Å²) in [4.78, 5) is 47.0. The van der Waals surface area contributed by atoms with Gasteiger partial charge in [-0.2, -0.15) is 0 Å². The zero-order valence-electron chi connectivity index (χ0n) is 13.6. The average molecular weight is 369 g/mol. The molecule has 0 aliphatic carbocycles. The molecule has 0 radical (unpaired) electrons. The molecule has 0 saturated carbocycles. The standard InChI is InChI=1S/C14H21ClO9/c1-6(16)10(20)11(21)13(23,8(3)18)14(24,9(4)19)12(22,5-15)7(2)17/h10-11,20-24H,5H2,1-4H3/t10?,11-,12-,13-,14-/m1/s1. The molecule has 5 atom stereocenters. The van der Waals surface area contributed by atoms with E-state index in [1.54, 1.807) is 0 Å². The minimum atomic E-state index is -3.63. The van der Waals surface area contributed by atoms with Crippen LogP contribution in [0.4, 0.5) is 0 Å². The summed E-state index contributed by atoms with van der Waals surface area (Å²) in [5, 5.41) is 51.5. The van der Waals surface area contributed by atoms with Crippen molar-refractivity contribution in [3.63, 3.8) is 0 Å². The minimum Gasteiger partial charge on any atom is -0.386 e. The number of hydrogen-bond donors (Lipinski definition) is 5. The van der Waals surface area contributed by atoms with Gasteiger partial charge in [-0.1, -0.05) is 0 Å². The molecule has 1 unspecified atom stereocenters. The second kappa shape index (κ2) is 7.34. The SMILES string of the molecule is CC(=O)C(O)[C@@H](O)[C@](O)(C(C)=O)[C@@](O)(C(C)=O)[C@@](O)(CCl)C(C)=O. The topological polar surface area (TPSA) is 169 Å². The molecule has 0 aliphatic heterocycles. The molecule has 138 valence electrons. The van der Waals surface area contributed by atoms with Gasteiger partial charge in [0.15, 0.2) is 39.9 Å². The van der Waals surface area contributed by atoms with Crippen LogP contribution in [-0.4, -0.2) is 83.6 Å². The Balaban J connectivity index is 6.83. The van der Waals surface area contributed by atoms with E-state index in [2.05, 4.69) is 0 Å². The van der Waals surface area contributed by atoms with Crippen LogP contribution in [0.25, 0.3) is 0 Å². The van der Waals surface area contributed by atoms with Crippen LogP contribution < -0.4 is 0 Å². The van der Waals surface area contributed by atoms with Gasteiger partial charge in [-0.25, -0.2) is 0 Å². The first-order valence-electron chi connectivity index (χ1n) is 6.79. The normalized spacial score (nSPS) is 21.6. The van der Waals surface area contributed by atoms with Gasteiger partial charge in [0, 0.05) is 0 Å². The third-order valence-corrected chi connectivity index (χ3v) is 4.50. The predicted molar refractivity (Wildman–Crippen MR) is 80.3 cm³/mol. The number of hydrogen-bond acceptors (Lipinski definition) is 9. The van der Waals surface area contributed by atoms with Crippen molar-refractivity contribution in [3.05, 3.63) is 0 Å². The van der Waals surface area contributed by atoms with Gasteiger partial charge in [-0.05, 0) is 27.7 Å². The monoisotopic (exact) mass is 368 g/mol. The lowest BCUT2D eigenvalue weighted by molar-refractivity contribution is -0.251. The maximum Gasteiger partial charge on any atom is 0.198 e. The molecule has 24 heavy (non-hydrogen) atoms. The summed E-state index contributed by atoms with van der Waals surface area (Å²) in [6.45, 7) is 2.78. The number of halogens is 1. The van der Waals surface area contributed by atoms with E-state index in [1.165, 1.54) is 0 Å². The van der Waals surface area contributed by atoms with E-state index in [0.29, 0.717) is 13.8 Å². The van der Waals surface area contributed by atoms with Crippen LogP contribution in [0.2, 0.25) is 0 Å². The van der Waals surface area contributed by atoms with Crippen molar-refractivity contribution in [1.29, 1.82) is 0 Å². The van der Waals surface area contributed by atoms with Gasteiger partial charge >= 0.3 is 0 Å². The second-order valence-corrected chi connectivity index (χ2v) is 5.91. The van der Waals surface area contributed by atoms with Gasteiger partial charge in [0.1, 0.15) is 12.2 Å². The van der Waals surface area contributed by atoms with E-state index in [-0.39, 0.29) is 0 Å². The van der Waals surface area contributed by atoms with E-state index < -0.39 is 58.0 Å². The van der Waals surface area contributed by atoms with Crippen molar-refractivity contribution in [3.8, 4) is 0 Å². The van der Waals surface area contributed by atoms with Gasteiger partial charge in [-0.15, -0.1) is 11.6 Å². The van der Waals surface area contributed by atoms with E-state index in [4.69, 9.17) is 11.6 Å². The van der Waals surface area contributed by atoms with Crippen LogP contribution in [0, 0.1) is 0 Å². The second-order valence-electron chi connectivity index (χ2n) is 5.64. The van der Waals surface area contributed by atoms with Gasteiger partial charge < -0.3 is 25.5 Å². The Kier molecular flexibility index (Phi) is 6.96. The lowest BCUT2D eigenvalue weighted by atomic mass is 9.63. The molecule has 0 heterocycles. The van der Waals surface area contributed by atoms with Gasteiger partial charge in [-0.3, -0.25) is 19.2 Å². The largest absolute Gasteiger partial charge is 0.386 e. The quantitative estimate of drug-likeness (QED) is 0.276. The van der Waals surface area contributed by atoms with Gasteiger partial charge in [0.05, 0.1) is 5.88 Å². The van der Waals surface area contributed by atoms with Crippen molar-refractivity contribution in [2.75, 3.05) is 5.88 Å². The first-order valence-corrected chi connectivity index (χ1v) is 7.32. The zero-order chi connectivity index (χ0) is 19.7. The average Bonchev–Trinajstić information content (AvgIpc) is 2.49. The van der Waals surface area contributed by atoms with Crippen molar-refractivity contribution >= 4 is 34.7 Å². The molecular formula is C14H21ClO9. The molecular weight excluding hydrogens is 348 g/mol. The van der Waals surface area contributed by atoms with Crippen molar-refractivity contribution in [1.82, 2.24) is 0 Å². The van der Waals surface area contributed by atoms with Gasteiger partial charge in [0.25, 0.3) is 0 Å². The predicted octanol–water partition coefficient (Wildman–Crippen LogP) is -2.50. The molecule has 5 N–H and O–H groups in total. The van der Waals surface area contributed by atoms with Crippen LogP contribution in [0.3, 0.4) is 0 Å². The van der Waals surface area contributed by atoms with Crippen LogP contribution >= 0.6 is 11.6 Å². The summed E-state index contributed by atoms with van der Waals surface area (Å²) >= 11 is 5.47. The summed E-state index contributed by atoms with van der Waals surface area (Å²) in [5.74, 6) is -6.51. The van der Waals surface area contributed by atoms with E-state index in [1.807, 2.05) is 0 Å². The van der Waals surface area contributed by atoms with Crippen molar-refractivity contribution in [2.45, 2.75) is 56.7 Å². The van der Waals surface area contributed by atoms with E-state index >= 15 is 0 Å². The molecule has 0 spiro atoms. The number of alkyl halides is 1. The van der Waals surface area contributed by atoms with Crippen LogP contribution in [0.1, 0.15) is 27.7 Å². The highest BCUT2D eigenvalue weighted by Gasteiger charge is 2.72. The Hall–Kier alpha value is -1.23. The highest BCUT2D eigenvalue weighted by atomic mass is 35.5. The van der Waals surface area contributed by atoms with Crippen LogP contribution in [0.15, 0.2) is 0 Å². The Morgan fingerprint density at radius 1 is 0.875 bits per heavy atom. The maximum atomic E-state index is 12.0. The fraction of sp³-hybridized carbons (Fsp3) is 0.714.